The molecule has 0 amide bonds. The van der Waals surface area contributed by atoms with Gasteiger partial charge in [-0.1, -0.05) is 6.07 Å². The molecular weight excluding hydrogens is 250 g/mol. The number of rotatable bonds is 7. The van der Waals surface area contributed by atoms with Crippen LogP contribution < -0.4 is 10.0 Å². The van der Waals surface area contributed by atoms with E-state index in [1.165, 1.54) is 12.8 Å². The molecule has 0 radical (unpaired) electrons. The van der Waals surface area contributed by atoms with Crippen LogP contribution in [0.25, 0.3) is 0 Å². The largest absolute Gasteiger partial charge is 0.313 e. The summed E-state index contributed by atoms with van der Waals surface area (Å²) in [4.78, 5) is 4.16. The van der Waals surface area contributed by atoms with Crippen LogP contribution in [0.3, 0.4) is 0 Å². The summed E-state index contributed by atoms with van der Waals surface area (Å²) in [5, 5.41) is 3.19. The molecule has 18 heavy (non-hydrogen) atoms. The molecule has 0 atom stereocenters. The summed E-state index contributed by atoms with van der Waals surface area (Å²) >= 11 is 0. The number of aromatic nitrogens is 1. The predicted molar refractivity (Wildman–Crippen MR) is 70.6 cm³/mol. The standard InChI is InChI=1S/C12H19N3O2S/c1-10-3-2-6-14-12(10)9-15-18(16,17)8-7-13-11-4-5-11/h2-3,6,11,13,15H,4-5,7-9H2,1H3. The van der Waals surface area contributed by atoms with Crippen LogP contribution in [-0.4, -0.2) is 31.7 Å². The SMILES string of the molecule is Cc1cccnc1CNS(=O)(=O)CCNC1CC1. The van der Waals surface area contributed by atoms with Gasteiger partial charge in [-0.25, -0.2) is 13.1 Å². The molecule has 1 heterocycles. The van der Waals surface area contributed by atoms with Gasteiger partial charge in [0, 0.05) is 18.8 Å². The Hall–Kier alpha value is -0.980. The molecule has 1 fully saturated rings. The van der Waals surface area contributed by atoms with Crippen molar-refractivity contribution in [1.29, 1.82) is 0 Å². The molecule has 0 unspecified atom stereocenters. The molecule has 0 saturated heterocycles. The second kappa shape index (κ2) is 5.77. The normalized spacial score (nSPS) is 15.8. The van der Waals surface area contributed by atoms with Crippen LogP contribution in [-0.2, 0) is 16.6 Å². The maximum Gasteiger partial charge on any atom is 0.213 e. The van der Waals surface area contributed by atoms with Crippen molar-refractivity contribution in [3.63, 3.8) is 0 Å². The summed E-state index contributed by atoms with van der Waals surface area (Å²) in [5.74, 6) is 0.120. The van der Waals surface area contributed by atoms with Crippen molar-refractivity contribution in [1.82, 2.24) is 15.0 Å². The second-order valence-electron chi connectivity index (χ2n) is 4.64. The Morgan fingerprint density at radius 2 is 2.22 bits per heavy atom. The highest BCUT2D eigenvalue weighted by atomic mass is 32.2. The van der Waals surface area contributed by atoms with Crippen LogP contribution in [0.1, 0.15) is 24.1 Å². The highest BCUT2D eigenvalue weighted by Crippen LogP contribution is 2.18. The summed E-state index contributed by atoms with van der Waals surface area (Å²) in [5.41, 5.74) is 1.77. The lowest BCUT2D eigenvalue weighted by Gasteiger charge is -2.08. The first-order valence-corrected chi connectivity index (χ1v) is 7.83. The highest BCUT2D eigenvalue weighted by molar-refractivity contribution is 7.89. The average molecular weight is 269 g/mol. The Bertz CT molecular complexity index is 498. The lowest BCUT2D eigenvalue weighted by atomic mass is 10.2. The van der Waals surface area contributed by atoms with E-state index in [0.29, 0.717) is 12.6 Å². The molecule has 1 aromatic heterocycles. The fourth-order valence-corrected chi connectivity index (χ4v) is 2.53. The van der Waals surface area contributed by atoms with Gasteiger partial charge in [0.05, 0.1) is 18.0 Å². The third-order valence-corrected chi connectivity index (χ3v) is 4.28. The molecule has 0 aliphatic heterocycles. The van der Waals surface area contributed by atoms with Gasteiger partial charge >= 0.3 is 0 Å². The number of nitrogens with one attached hydrogen (secondary N) is 2. The number of hydrogen-bond donors (Lipinski definition) is 2. The second-order valence-corrected chi connectivity index (χ2v) is 6.56. The minimum atomic E-state index is -3.22. The van der Waals surface area contributed by atoms with Crippen molar-refractivity contribution in [2.45, 2.75) is 32.4 Å². The van der Waals surface area contributed by atoms with E-state index in [2.05, 4.69) is 15.0 Å². The number of sulfonamides is 1. The molecule has 0 bridgehead atoms. The van der Waals surface area contributed by atoms with E-state index in [-0.39, 0.29) is 12.3 Å². The first-order chi connectivity index (χ1) is 8.57. The average Bonchev–Trinajstić information content (AvgIpc) is 3.12. The van der Waals surface area contributed by atoms with Gasteiger partial charge in [-0.2, -0.15) is 0 Å². The minimum absolute atomic E-state index is 0.120. The van der Waals surface area contributed by atoms with Crippen LogP contribution in [0.5, 0.6) is 0 Å². The van der Waals surface area contributed by atoms with Crippen molar-refractivity contribution in [2.24, 2.45) is 0 Å². The molecule has 1 saturated carbocycles. The van der Waals surface area contributed by atoms with Crippen LogP contribution >= 0.6 is 0 Å². The van der Waals surface area contributed by atoms with Gasteiger partial charge < -0.3 is 5.32 Å². The maximum atomic E-state index is 11.7. The van der Waals surface area contributed by atoms with Crippen LogP contribution in [0.15, 0.2) is 18.3 Å². The summed E-state index contributed by atoms with van der Waals surface area (Å²) in [6.07, 6.45) is 4.01. The number of pyridine rings is 1. The Morgan fingerprint density at radius 3 is 2.89 bits per heavy atom. The molecule has 0 spiro atoms. The minimum Gasteiger partial charge on any atom is -0.313 e. The van der Waals surface area contributed by atoms with Gasteiger partial charge in [-0.05, 0) is 31.4 Å². The zero-order valence-corrected chi connectivity index (χ0v) is 11.3. The van der Waals surface area contributed by atoms with E-state index in [1.54, 1.807) is 6.20 Å². The van der Waals surface area contributed by atoms with Gasteiger partial charge in [0.2, 0.25) is 10.0 Å². The van der Waals surface area contributed by atoms with Crippen molar-refractivity contribution in [3.8, 4) is 0 Å². The zero-order valence-electron chi connectivity index (χ0n) is 10.5. The molecule has 1 aliphatic rings. The number of hydrogen-bond acceptors (Lipinski definition) is 4. The van der Waals surface area contributed by atoms with E-state index >= 15 is 0 Å². The predicted octanol–water partition coefficient (Wildman–Crippen LogP) is 0.561. The van der Waals surface area contributed by atoms with Crippen LogP contribution in [0.4, 0.5) is 0 Å². The fraction of sp³-hybridized carbons (Fsp3) is 0.583. The van der Waals surface area contributed by atoms with Gasteiger partial charge in [0.15, 0.2) is 0 Å². The molecule has 2 N–H and O–H groups in total. The van der Waals surface area contributed by atoms with Crippen LogP contribution in [0.2, 0.25) is 0 Å². The lowest BCUT2D eigenvalue weighted by molar-refractivity contribution is 0.575. The molecular formula is C12H19N3O2S. The molecule has 6 heteroatoms. The van der Waals surface area contributed by atoms with Crippen molar-refractivity contribution in [3.05, 3.63) is 29.6 Å². The quantitative estimate of drug-likeness (QED) is 0.759. The van der Waals surface area contributed by atoms with E-state index < -0.39 is 10.0 Å². The first-order valence-electron chi connectivity index (χ1n) is 6.18. The van der Waals surface area contributed by atoms with Crippen LogP contribution in [0, 0.1) is 6.92 Å². The molecule has 5 nitrogen and oxygen atoms in total. The molecule has 2 rings (SSSR count). The lowest BCUT2D eigenvalue weighted by Crippen LogP contribution is -2.32. The van der Waals surface area contributed by atoms with E-state index in [9.17, 15) is 8.42 Å². The van der Waals surface area contributed by atoms with Crippen molar-refractivity contribution < 1.29 is 8.42 Å². The van der Waals surface area contributed by atoms with Gasteiger partial charge in [-0.3, -0.25) is 4.98 Å². The smallest absolute Gasteiger partial charge is 0.213 e. The maximum absolute atomic E-state index is 11.7. The Labute approximate surface area is 108 Å². The molecule has 100 valence electrons. The van der Waals surface area contributed by atoms with Crippen molar-refractivity contribution in [2.75, 3.05) is 12.3 Å². The Balaban J connectivity index is 1.78. The highest BCUT2D eigenvalue weighted by Gasteiger charge is 2.21. The summed E-state index contributed by atoms with van der Waals surface area (Å²) in [6.45, 7) is 2.70. The zero-order chi connectivity index (χ0) is 13.0. The monoisotopic (exact) mass is 269 g/mol. The van der Waals surface area contributed by atoms with Crippen molar-refractivity contribution >= 4 is 10.0 Å². The summed E-state index contributed by atoms with van der Waals surface area (Å²) in [7, 11) is -3.22. The van der Waals surface area contributed by atoms with E-state index in [1.807, 2.05) is 19.1 Å². The summed E-state index contributed by atoms with van der Waals surface area (Å²) < 4.78 is 26.1. The molecule has 0 aromatic carbocycles. The third-order valence-electron chi connectivity index (χ3n) is 2.96. The fourth-order valence-electron chi connectivity index (χ4n) is 1.64. The Morgan fingerprint density at radius 1 is 1.44 bits per heavy atom. The summed E-state index contributed by atoms with van der Waals surface area (Å²) in [6, 6.07) is 4.30. The van der Waals surface area contributed by atoms with E-state index in [4.69, 9.17) is 0 Å². The molecule has 1 aromatic rings. The van der Waals surface area contributed by atoms with E-state index in [0.717, 1.165) is 11.3 Å². The van der Waals surface area contributed by atoms with Gasteiger partial charge in [0.25, 0.3) is 0 Å². The number of nitrogens with zero attached hydrogens (tertiary/aromatic N) is 1. The number of aryl methyl sites for hydroxylation is 1. The van der Waals surface area contributed by atoms with Gasteiger partial charge in [0.1, 0.15) is 0 Å². The topological polar surface area (TPSA) is 71.1 Å². The molecule has 1 aliphatic carbocycles. The third kappa shape index (κ3) is 4.36. The first kappa shape index (κ1) is 13.5. The van der Waals surface area contributed by atoms with Gasteiger partial charge in [-0.15, -0.1) is 0 Å². The Kier molecular flexibility index (Phi) is 4.31.